The van der Waals surface area contributed by atoms with E-state index >= 15 is 0 Å². The van der Waals surface area contributed by atoms with Crippen molar-refractivity contribution in [3.63, 3.8) is 0 Å². The molecule has 5 nitrogen and oxygen atoms in total. The molecule has 1 amide bonds. The van der Waals surface area contributed by atoms with Crippen LogP contribution in [0.1, 0.15) is 11.1 Å². The minimum Gasteiger partial charge on any atom is -0.504 e. The van der Waals surface area contributed by atoms with Crippen LogP contribution < -0.4 is 10.1 Å². The Bertz CT molecular complexity index is 745. The van der Waals surface area contributed by atoms with Crippen LogP contribution in [0.3, 0.4) is 0 Å². The van der Waals surface area contributed by atoms with Crippen molar-refractivity contribution >= 4 is 33.7 Å². The molecule has 0 unspecified atom stereocenters. The van der Waals surface area contributed by atoms with Crippen LogP contribution in [0.25, 0.3) is 0 Å². The van der Waals surface area contributed by atoms with E-state index in [9.17, 15) is 9.90 Å². The molecule has 2 aromatic carbocycles. The number of amides is 1. The van der Waals surface area contributed by atoms with Crippen molar-refractivity contribution in [2.75, 3.05) is 19.0 Å². The molecular weight excluding hydrogens is 360 g/mol. The minimum absolute atomic E-state index is 0.00270. The number of phenolic OH excluding ortho intramolecular Hbond substituents is 1. The lowest BCUT2D eigenvalue weighted by atomic mass is 10.2. The molecule has 0 aliphatic rings. The lowest BCUT2D eigenvalue weighted by Gasteiger charge is -2.07. The first-order valence-corrected chi connectivity index (χ1v) is 7.72. The zero-order chi connectivity index (χ0) is 16.8. The first kappa shape index (κ1) is 17.0. The quantitative estimate of drug-likeness (QED) is 0.784. The minimum atomic E-state index is -0.228. The van der Waals surface area contributed by atoms with Crippen molar-refractivity contribution in [3.05, 3.63) is 52.0 Å². The molecule has 0 saturated heterocycles. The fraction of sp³-hybridized carbons (Fsp3) is 0.176. The van der Waals surface area contributed by atoms with E-state index in [1.165, 1.54) is 13.3 Å². The summed E-state index contributed by atoms with van der Waals surface area (Å²) in [4.78, 5) is 16.0. The molecule has 0 saturated carbocycles. The van der Waals surface area contributed by atoms with Gasteiger partial charge in [0.25, 0.3) is 0 Å². The number of carbonyl (C=O) groups is 1. The van der Waals surface area contributed by atoms with Gasteiger partial charge < -0.3 is 15.2 Å². The number of aryl methyl sites for hydroxylation is 1. The second-order valence-electron chi connectivity index (χ2n) is 4.88. The lowest BCUT2D eigenvalue weighted by Crippen LogP contribution is -2.15. The maximum absolute atomic E-state index is 11.9. The lowest BCUT2D eigenvalue weighted by molar-refractivity contribution is -0.114. The Balaban J connectivity index is 1.99. The van der Waals surface area contributed by atoms with Crippen LogP contribution in [0, 0.1) is 6.92 Å². The van der Waals surface area contributed by atoms with Crippen LogP contribution in [0.15, 0.2) is 45.9 Å². The predicted octanol–water partition coefficient (Wildman–Crippen LogP) is 3.53. The summed E-state index contributed by atoms with van der Waals surface area (Å²) in [7, 11) is 1.48. The number of phenols is 1. The first-order valence-electron chi connectivity index (χ1n) is 6.93. The van der Waals surface area contributed by atoms with E-state index in [4.69, 9.17) is 4.74 Å². The van der Waals surface area contributed by atoms with Gasteiger partial charge in [0.05, 0.1) is 7.11 Å². The highest BCUT2D eigenvalue weighted by atomic mass is 79.9. The molecule has 2 N–H and O–H groups in total. The molecule has 0 atom stereocenters. The highest BCUT2D eigenvalue weighted by Crippen LogP contribution is 2.28. The summed E-state index contributed by atoms with van der Waals surface area (Å²) in [5, 5.41) is 12.7. The monoisotopic (exact) mass is 376 g/mol. The molecule has 0 aliphatic carbocycles. The van der Waals surface area contributed by atoms with E-state index in [1.54, 1.807) is 18.2 Å². The molecular formula is C17H17BrN2O3. The third-order valence-electron chi connectivity index (χ3n) is 3.18. The van der Waals surface area contributed by atoms with Crippen molar-refractivity contribution in [1.82, 2.24) is 0 Å². The van der Waals surface area contributed by atoms with Crippen LogP contribution in [0.4, 0.5) is 5.69 Å². The third kappa shape index (κ3) is 4.56. The number of halogens is 1. The standard InChI is InChI=1S/C17H17BrN2O3/c1-11-8-13(18)6-7-14(11)20-16(21)10-19-9-12-4-3-5-15(23-2)17(12)22/h3-9,22H,10H2,1-2H3,(H,20,21). The van der Waals surface area contributed by atoms with E-state index in [0.29, 0.717) is 11.3 Å². The van der Waals surface area contributed by atoms with Gasteiger partial charge in [-0.05, 0) is 42.8 Å². The maximum atomic E-state index is 11.9. The molecule has 23 heavy (non-hydrogen) atoms. The third-order valence-corrected chi connectivity index (χ3v) is 3.67. The number of hydrogen-bond donors (Lipinski definition) is 2. The van der Waals surface area contributed by atoms with E-state index in [-0.39, 0.29) is 18.2 Å². The van der Waals surface area contributed by atoms with Crippen molar-refractivity contribution in [2.45, 2.75) is 6.92 Å². The SMILES string of the molecule is COc1cccc(C=NCC(=O)Nc2ccc(Br)cc2C)c1O. The fourth-order valence-electron chi connectivity index (χ4n) is 1.99. The summed E-state index contributed by atoms with van der Waals surface area (Å²) in [5.74, 6) is 0.140. The number of nitrogens with zero attached hydrogens (tertiary/aromatic N) is 1. The predicted molar refractivity (Wildman–Crippen MR) is 94.6 cm³/mol. The van der Waals surface area contributed by atoms with E-state index in [0.717, 1.165) is 15.7 Å². The van der Waals surface area contributed by atoms with Gasteiger partial charge in [0.15, 0.2) is 11.5 Å². The van der Waals surface area contributed by atoms with Gasteiger partial charge in [0.2, 0.25) is 5.91 Å². The maximum Gasteiger partial charge on any atom is 0.246 e. The van der Waals surface area contributed by atoms with Crippen molar-refractivity contribution in [1.29, 1.82) is 0 Å². The summed E-state index contributed by atoms with van der Waals surface area (Å²) in [6, 6.07) is 10.7. The number of carbonyl (C=O) groups excluding carboxylic acids is 1. The Morgan fingerprint density at radius 2 is 2.17 bits per heavy atom. The number of benzene rings is 2. The number of para-hydroxylation sites is 1. The van der Waals surface area contributed by atoms with Gasteiger partial charge in [-0.15, -0.1) is 0 Å². The Hall–Kier alpha value is -2.34. The van der Waals surface area contributed by atoms with Gasteiger partial charge in [0, 0.05) is 21.9 Å². The molecule has 0 spiro atoms. The number of aromatic hydroxyl groups is 1. The summed E-state index contributed by atoms with van der Waals surface area (Å²) in [6.07, 6.45) is 1.45. The van der Waals surface area contributed by atoms with Gasteiger partial charge in [-0.2, -0.15) is 0 Å². The molecule has 120 valence electrons. The molecule has 2 aromatic rings. The second-order valence-corrected chi connectivity index (χ2v) is 5.79. The number of ether oxygens (including phenoxy) is 1. The molecule has 0 fully saturated rings. The van der Waals surface area contributed by atoms with Crippen LogP contribution in [0.5, 0.6) is 11.5 Å². The Morgan fingerprint density at radius 1 is 1.39 bits per heavy atom. The van der Waals surface area contributed by atoms with Crippen LogP contribution in [-0.2, 0) is 4.79 Å². The van der Waals surface area contributed by atoms with Gasteiger partial charge in [-0.3, -0.25) is 9.79 Å². The van der Waals surface area contributed by atoms with Gasteiger partial charge in [-0.1, -0.05) is 22.0 Å². The van der Waals surface area contributed by atoms with Crippen molar-refractivity contribution in [3.8, 4) is 11.5 Å². The number of hydrogen-bond acceptors (Lipinski definition) is 4. The Morgan fingerprint density at radius 3 is 2.87 bits per heavy atom. The molecule has 0 aromatic heterocycles. The van der Waals surface area contributed by atoms with Crippen LogP contribution in [-0.4, -0.2) is 30.9 Å². The average molecular weight is 377 g/mol. The summed E-state index contributed by atoms with van der Waals surface area (Å²) in [5.41, 5.74) is 2.21. The molecule has 0 heterocycles. The smallest absolute Gasteiger partial charge is 0.246 e. The van der Waals surface area contributed by atoms with Gasteiger partial charge in [0.1, 0.15) is 6.54 Å². The van der Waals surface area contributed by atoms with Crippen molar-refractivity contribution < 1.29 is 14.6 Å². The normalized spacial score (nSPS) is 10.7. The van der Waals surface area contributed by atoms with Gasteiger partial charge in [-0.25, -0.2) is 0 Å². The number of anilines is 1. The van der Waals surface area contributed by atoms with E-state index < -0.39 is 0 Å². The molecule has 6 heteroatoms. The average Bonchev–Trinajstić information content (AvgIpc) is 2.52. The number of methoxy groups -OCH3 is 1. The van der Waals surface area contributed by atoms with E-state index in [1.807, 2.05) is 25.1 Å². The number of aliphatic imine (C=N–C) groups is 1. The van der Waals surface area contributed by atoms with Crippen molar-refractivity contribution in [2.24, 2.45) is 4.99 Å². The zero-order valence-corrected chi connectivity index (χ0v) is 14.4. The van der Waals surface area contributed by atoms with Crippen LogP contribution in [0.2, 0.25) is 0 Å². The molecule has 0 aliphatic heterocycles. The summed E-state index contributed by atoms with van der Waals surface area (Å²) >= 11 is 3.38. The Kier molecular flexibility index (Phi) is 5.76. The fourth-order valence-corrected chi connectivity index (χ4v) is 2.47. The second kappa shape index (κ2) is 7.78. The highest BCUT2D eigenvalue weighted by Gasteiger charge is 2.06. The summed E-state index contributed by atoms with van der Waals surface area (Å²) < 4.78 is 5.98. The molecule has 2 rings (SSSR count). The largest absolute Gasteiger partial charge is 0.504 e. The number of nitrogens with one attached hydrogen (secondary N) is 1. The first-order chi connectivity index (χ1) is 11.0. The Labute approximate surface area is 143 Å². The highest BCUT2D eigenvalue weighted by molar-refractivity contribution is 9.10. The van der Waals surface area contributed by atoms with Crippen LogP contribution >= 0.6 is 15.9 Å². The summed E-state index contributed by atoms with van der Waals surface area (Å²) in [6.45, 7) is 1.88. The van der Waals surface area contributed by atoms with E-state index in [2.05, 4.69) is 26.2 Å². The van der Waals surface area contributed by atoms with Gasteiger partial charge >= 0.3 is 0 Å². The molecule has 0 radical (unpaired) electrons. The topological polar surface area (TPSA) is 70.9 Å². The molecule has 0 bridgehead atoms. The number of rotatable bonds is 5. The zero-order valence-electron chi connectivity index (χ0n) is 12.8.